The van der Waals surface area contributed by atoms with Crippen LogP contribution in [-0.2, 0) is 4.74 Å². The summed E-state index contributed by atoms with van der Waals surface area (Å²) in [7, 11) is 1.86. The van der Waals surface area contributed by atoms with Crippen LogP contribution in [0.3, 0.4) is 0 Å². The lowest BCUT2D eigenvalue weighted by Gasteiger charge is -2.30. The number of ether oxygens (including phenoxy) is 1. The molecule has 2 aliphatic rings. The molecule has 18 heavy (non-hydrogen) atoms. The largest absolute Gasteiger partial charge is 0.381 e. The van der Waals surface area contributed by atoms with Gasteiger partial charge in [0.1, 0.15) is 0 Å². The molecule has 0 radical (unpaired) electrons. The van der Waals surface area contributed by atoms with E-state index in [1.54, 1.807) is 0 Å². The summed E-state index contributed by atoms with van der Waals surface area (Å²) in [4.78, 5) is 2.73. The molecule has 1 saturated carbocycles. The van der Waals surface area contributed by atoms with Crippen molar-refractivity contribution >= 4 is 0 Å². The second kappa shape index (κ2) is 6.88. The molecule has 1 heterocycles. The van der Waals surface area contributed by atoms with Crippen LogP contribution >= 0.6 is 0 Å². The highest BCUT2D eigenvalue weighted by Crippen LogP contribution is 2.27. The third kappa shape index (κ3) is 3.94. The number of methoxy groups -OCH3 is 1. The molecule has 0 bridgehead atoms. The highest BCUT2D eigenvalue weighted by atomic mass is 16.5. The molecule has 3 unspecified atom stereocenters. The Morgan fingerprint density at radius 1 is 1.33 bits per heavy atom. The Hall–Kier alpha value is -0.120. The van der Waals surface area contributed by atoms with Crippen molar-refractivity contribution in [1.29, 1.82) is 0 Å². The SMILES string of the molecule is COC1CCC(N2CCCNC(CC(C)C)C2)C1. The zero-order chi connectivity index (χ0) is 13.0. The number of rotatable bonds is 4. The van der Waals surface area contributed by atoms with Crippen LogP contribution in [-0.4, -0.2) is 49.8 Å². The smallest absolute Gasteiger partial charge is 0.0586 e. The highest BCUT2D eigenvalue weighted by molar-refractivity contribution is 4.87. The van der Waals surface area contributed by atoms with Gasteiger partial charge >= 0.3 is 0 Å². The van der Waals surface area contributed by atoms with E-state index >= 15 is 0 Å². The van der Waals surface area contributed by atoms with Crippen LogP contribution in [0.1, 0.15) is 46.0 Å². The van der Waals surface area contributed by atoms with Crippen LogP contribution in [0.4, 0.5) is 0 Å². The van der Waals surface area contributed by atoms with E-state index in [2.05, 4.69) is 24.1 Å². The first-order valence-corrected chi connectivity index (χ1v) is 7.69. The minimum Gasteiger partial charge on any atom is -0.381 e. The highest BCUT2D eigenvalue weighted by Gasteiger charge is 2.31. The fourth-order valence-corrected chi connectivity index (χ4v) is 3.55. The second-order valence-corrected chi connectivity index (χ2v) is 6.45. The summed E-state index contributed by atoms with van der Waals surface area (Å²) in [5, 5.41) is 3.72. The van der Waals surface area contributed by atoms with Crippen molar-refractivity contribution < 1.29 is 4.74 Å². The Morgan fingerprint density at radius 2 is 2.17 bits per heavy atom. The lowest BCUT2D eigenvalue weighted by molar-refractivity contribution is 0.0957. The van der Waals surface area contributed by atoms with Gasteiger partial charge in [-0.25, -0.2) is 0 Å². The van der Waals surface area contributed by atoms with E-state index in [4.69, 9.17) is 4.74 Å². The molecule has 0 spiro atoms. The predicted octanol–water partition coefficient (Wildman–Crippen LogP) is 2.26. The molecule has 1 aliphatic heterocycles. The number of hydrogen-bond acceptors (Lipinski definition) is 3. The standard InChI is InChI=1S/C15H30N2O/c1-12(2)9-13-11-17(8-4-7-16-13)14-5-6-15(10-14)18-3/h12-16H,4-11H2,1-3H3. The second-order valence-electron chi connectivity index (χ2n) is 6.45. The van der Waals surface area contributed by atoms with Gasteiger partial charge in [-0.3, -0.25) is 4.90 Å². The fraction of sp³-hybridized carbons (Fsp3) is 1.00. The third-order valence-corrected chi connectivity index (χ3v) is 4.47. The molecule has 1 saturated heterocycles. The maximum Gasteiger partial charge on any atom is 0.0586 e. The van der Waals surface area contributed by atoms with Gasteiger partial charge in [0.25, 0.3) is 0 Å². The zero-order valence-electron chi connectivity index (χ0n) is 12.3. The van der Waals surface area contributed by atoms with Crippen molar-refractivity contribution in [1.82, 2.24) is 10.2 Å². The molecule has 3 nitrogen and oxygen atoms in total. The minimum absolute atomic E-state index is 0.509. The maximum absolute atomic E-state index is 5.51. The van der Waals surface area contributed by atoms with Gasteiger partial charge in [0.2, 0.25) is 0 Å². The summed E-state index contributed by atoms with van der Waals surface area (Å²) in [6.45, 7) is 8.34. The Kier molecular flexibility index (Phi) is 5.46. The first-order valence-electron chi connectivity index (χ1n) is 7.69. The quantitative estimate of drug-likeness (QED) is 0.833. The van der Waals surface area contributed by atoms with E-state index < -0.39 is 0 Å². The Morgan fingerprint density at radius 3 is 2.83 bits per heavy atom. The van der Waals surface area contributed by atoms with Crippen LogP contribution in [0.2, 0.25) is 0 Å². The van der Waals surface area contributed by atoms with Gasteiger partial charge < -0.3 is 10.1 Å². The maximum atomic E-state index is 5.51. The fourth-order valence-electron chi connectivity index (χ4n) is 3.55. The zero-order valence-corrected chi connectivity index (χ0v) is 12.3. The van der Waals surface area contributed by atoms with E-state index in [0.29, 0.717) is 12.1 Å². The molecule has 0 aromatic heterocycles. The number of nitrogens with zero attached hydrogens (tertiary/aromatic N) is 1. The molecular formula is C15H30N2O. The van der Waals surface area contributed by atoms with Crippen molar-refractivity contribution in [3.63, 3.8) is 0 Å². The first-order chi connectivity index (χ1) is 8.69. The molecule has 1 N–H and O–H groups in total. The summed E-state index contributed by atoms with van der Waals surface area (Å²) in [5.41, 5.74) is 0. The van der Waals surface area contributed by atoms with Gasteiger partial charge in [0.15, 0.2) is 0 Å². The van der Waals surface area contributed by atoms with E-state index in [1.165, 1.54) is 51.7 Å². The topological polar surface area (TPSA) is 24.5 Å². The Labute approximate surface area is 112 Å². The molecule has 3 heteroatoms. The molecule has 1 aliphatic carbocycles. The summed E-state index contributed by atoms with van der Waals surface area (Å²) in [6.07, 6.45) is 6.92. The molecule has 106 valence electrons. The minimum atomic E-state index is 0.509. The lowest BCUT2D eigenvalue weighted by Crippen LogP contribution is -2.42. The van der Waals surface area contributed by atoms with Crippen LogP contribution in [0, 0.1) is 5.92 Å². The van der Waals surface area contributed by atoms with Crippen LogP contribution < -0.4 is 5.32 Å². The summed E-state index contributed by atoms with van der Waals surface area (Å²) >= 11 is 0. The predicted molar refractivity (Wildman–Crippen MR) is 75.9 cm³/mol. The molecule has 0 aromatic rings. The molecular weight excluding hydrogens is 224 g/mol. The van der Waals surface area contributed by atoms with Gasteiger partial charge in [-0.05, 0) is 51.1 Å². The van der Waals surface area contributed by atoms with Crippen LogP contribution in [0.15, 0.2) is 0 Å². The van der Waals surface area contributed by atoms with Gasteiger partial charge in [-0.15, -0.1) is 0 Å². The van der Waals surface area contributed by atoms with Crippen LogP contribution in [0.25, 0.3) is 0 Å². The van der Waals surface area contributed by atoms with Gasteiger partial charge in [-0.1, -0.05) is 13.8 Å². The molecule has 0 amide bonds. The molecule has 2 rings (SSSR count). The summed E-state index contributed by atoms with van der Waals surface area (Å²) < 4.78 is 5.51. The number of hydrogen-bond donors (Lipinski definition) is 1. The third-order valence-electron chi connectivity index (χ3n) is 4.47. The van der Waals surface area contributed by atoms with E-state index in [0.717, 1.165) is 12.0 Å². The number of nitrogens with one attached hydrogen (secondary N) is 1. The van der Waals surface area contributed by atoms with Crippen molar-refractivity contribution in [3.05, 3.63) is 0 Å². The molecule has 0 aromatic carbocycles. The lowest BCUT2D eigenvalue weighted by atomic mass is 10.0. The summed E-state index contributed by atoms with van der Waals surface area (Å²) in [5.74, 6) is 0.790. The average molecular weight is 254 g/mol. The van der Waals surface area contributed by atoms with Gasteiger partial charge in [0.05, 0.1) is 6.10 Å². The van der Waals surface area contributed by atoms with Crippen molar-refractivity contribution in [2.45, 2.75) is 64.1 Å². The van der Waals surface area contributed by atoms with E-state index in [1.807, 2.05) is 7.11 Å². The van der Waals surface area contributed by atoms with Crippen molar-refractivity contribution in [2.75, 3.05) is 26.7 Å². The van der Waals surface area contributed by atoms with Gasteiger partial charge in [0, 0.05) is 25.7 Å². The van der Waals surface area contributed by atoms with E-state index in [9.17, 15) is 0 Å². The molecule has 2 fully saturated rings. The summed E-state index contributed by atoms with van der Waals surface area (Å²) in [6, 6.07) is 1.46. The average Bonchev–Trinajstić information content (AvgIpc) is 2.70. The Bertz CT molecular complexity index is 245. The van der Waals surface area contributed by atoms with Gasteiger partial charge in [-0.2, -0.15) is 0 Å². The van der Waals surface area contributed by atoms with Crippen molar-refractivity contribution in [2.24, 2.45) is 5.92 Å². The van der Waals surface area contributed by atoms with E-state index in [-0.39, 0.29) is 0 Å². The first kappa shape index (κ1) is 14.3. The van der Waals surface area contributed by atoms with Crippen molar-refractivity contribution in [3.8, 4) is 0 Å². The normalized spacial score (nSPS) is 35.0. The molecule has 3 atom stereocenters. The monoisotopic (exact) mass is 254 g/mol. The Balaban J connectivity index is 1.87. The van der Waals surface area contributed by atoms with Crippen LogP contribution in [0.5, 0.6) is 0 Å².